The van der Waals surface area contributed by atoms with Gasteiger partial charge in [-0.3, -0.25) is 0 Å². The predicted molar refractivity (Wildman–Crippen MR) is 89.5 cm³/mol. The Kier molecular flexibility index (Phi) is 4.84. The highest BCUT2D eigenvalue weighted by Gasteiger charge is 2.33. The molecule has 0 saturated carbocycles. The maximum absolute atomic E-state index is 12.5. The van der Waals surface area contributed by atoms with Gasteiger partial charge >= 0.3 is 6.36 Å². The summed E-state index contributed by atoms with van der Waals surface area (Å²) in [4.78, 5) is 5.21. The van der Waals surface area contributed by atoms with Crippen molar-refractivity contribution in [3.05, 3.63) is 35.8 Å². The lowest BCUT2D eigenvalue weighted by atomic mass is 10.1. The van der Waals surface area contributed by atoms with Crippen LogP contribution in [0.4, 0.5) is 13.2 Å². The average Bonchev–Trinajstić information content (AvgIpc) is 3.17. The van der Waals surface area contributed by atoms with E-state index in [2.05, 4.69) is 25.0 Å². The lowest BCUT2D eigenvalue weighted by Crippen LogP contribution is -2.18. The van der Waals surface area contributed by atoms with Gasteiger partial charge in [-0.2, -0.15) is 4.80 Å². The average molecular weight is 380 g/mol. The Morgan fingerprint density at radius 1 is 1.19 bits per heavy atom. The fraction of sp³-hybridized carbons (Fsp3) is 0.250. The Hall–Kier alpha value is -3.37. The van der Waals surface area contributed by atoms with E-state index in [1.807, 2.05) is 6.92 Å². The van der Waals surface area contributed by atoms with Gasteiger partial charge in [0.05, 0.1) is 6.54 Å². The fourth-order valence-corrected chi connectivity index (χ4v) is 2.29. The van der Waals surface area contributed by atoms with Gasteiger partial charge in [0.15, 0.2) is 11.5 Å². The van der Waals surface area contributed by atoms with E-state index in [1.54, 1.807) is 19.1 Å². The molecule has 0 amide bonds. The Morgan fingerprint density at radius 3 is 2.63 bits per heavy atom. The number of aryl methyl sites for hydroxylation is 2. The molecule has 0 fully saturated rings. The van der Waals surface area contributed by atoms with Crippen LogP contribution in [0.5, 0.6) is 11.6 Å². The number of ether oxygens (including phenoxy) is 1. The zero-order valence-electron chi connectivity index (χ0n) is 14.3. The van der Waals surface area contributed by atoms with Crippen LogP contribution in [-0.4, -0.2) is 41.2 Å². The molecule has 0 unspecified atom stereocenters. The van der Waals surface area contributed by atoms with Crippen molar-refractivity contribution in [1.29, 1.82) is 0 Å². The zero-order valence-corrected chi connectivity index (χ0v) is 14.3. The Bertz CT molecular complexity index is 957. The quantitative estimate of drug-likeness (QED) is 0.731. The third-order valence-corrected chi connectivity index (χ3v) is 3.36. The summed E-state index contributed by atoms with van der Waals surface area (Å²) in [7, 11) is 0. The number of aromatic nitrogens is 6. The summed E-state index contributed by atoms with van der Waals surface area (Å²) in [5.74, 6) is -0.214. The van der Waals surface area contributed by atoms with Crippen LogP contribution in [0.25, 0.3) is 23.7 Å². The van der Waals surface area contributed by atoms with Gasteiger partial charge in [0.2, 0.25) is 0 Å². The Labute approximate surface area is 151 Å². The molecule has 0 radical (unpaired) electrons. The maximum atomic E-state index is 12.5. The van der Waals surface area contributed by atoms with Gasteiger partial charge in [-0.1, -0.05) is 0 Å². The van der Waals surface area contributed by atoms with E-state index in [4.69, 9.17) is 0 Å². The number of alkyl halides is 3. The lowest BCUT2D eigenvalue weighted by Gasteiger charge is -2.05. The van der Waals surface area contributed by atoms with Crippen molar-refractivity contribution in [1.82, 2.24) is 29.8 Å². The number of benzene rings is 1. The van der Waals surface area contributed by atoms with Crippen LogP contribution in [0, 0.1) is 6.92 Å². The molecule has 142 valence electrons. The fourth-order valence-electron chi connectivity index (χ4n) is 2.29. The molecule has 2 heterocycles. The summed E-state index contributed by atoms with van der Waals surface area (Å²) >= 11 is 0. The smallest absolute Gasteiger partial charge is 0.508 e. The molecule has 0 aliphatic carbocycles. The normalized spacial score (nSPS) is 12.0. The first-order chi connectivity index (χ1) is 12.7. The van der Waals surface area contributed by atoms with Crippen LogP contribution < -0.4 is 4.74 Å². The summed E-state index contributed by atoms with van der Waals surface area (Å²) in [6.07, 6.45) is -0.837. The molecular weight excluding hydrogens is 365 g/mol. The maximum Gasteiger partial charge on any atom is 0.574 e. The molecule has 0 aliphatic heterocycles. The molecule has 11 heteroatoms. The van der Waals surface area contributed by atoms with E-state index in [1.165, 1.54) is 29.4 Å². The Balaban J connectivity index is 1.85. The molecule has 2 aromatic heterocycles. The molecule has 0 aliphatic rings. The van der Waals surface area contributed by atoms with Gasteiger partial charge in [0, 0.05) is 11.8 Å². The second-order valence-corrected chi connectivity index (χ2v) is 5.55. The van der Waals surface area contributed by atoms with Gasteiger partial charge in [-0.25, -0.2) is 9.67 Å². The summed E-state index contributed by atoms with van der Waals surface area (Å²) < 4.78 is 42.6. The molecule has 8 nitrogen and oxygen atoms in total. The molecule has 0 saturated heterocycles. The molecule has 0 atom stereocenters. The largest absolute Gasteiger partial charge is 0.574 e. The summed E-state index contributed by atoms with van der Waals surface area (Å²) in [5.41, 5.74) is 1.35. The number of phenols is 1. The zero-order chi connectivity index (χ0) is 19.6. The molecule has 0 spiro atoms. The van der Waals surface area contributed by atoms with Crippen molar-refractivity contribution < 1.29 is 23.0 Å². The standard InChI is InChI=1S/C16H15F3N6O2/c1-3-25-21-13(15(23-25)27-16(17,18)19)4-5-24-9-20-14(22-24)11-6-10(2)7-12(26)8-11/h4-9,26H,3H2,1-2H3/b5-4-. The Morgan fingerprint density at radius 2 is 1.96 bits per heavy atom. The van der Waals surface area contributed by atoms with Crippen LogP contribution in [0.1, 0.15) is 18.2 Å². The van der Waals surface area contributed by atoms with Crippen molar-refractivity contribution in [3.63, 3.8) is 0 Å². The topological polar surface area (TPSA) is 90.9 Å². The van der Waals surface area contributed by atoms with E-state index >= 15 is 0 Å². The minimum Gasteiger partial charge on any atom is -0.508 e. The molecule has 3 aromatic rings. The molecular formula is C16H15F3N6O2. The van der Waals surface area contributed by atoms with Crippen molar-refractivity contribution in [2.45, 2.75) is 26.8 Å². The first-order valence-electron chi connectivity index (χ1n) is 7.85. The van der Waals surface area contributed by atoms with Crippen LogP contribution >= 0.6 is 0 Å². The summed E-state index contributed by atoms with van der Waals surface area (Å²) in [5, 5.41) is 21.4. The predicted octanol–water partition coefficient (Wildman–Crippen LogP) is 3.10. The lowest BCUT2D eigenvalue weighted by molar-refractivity contribution is -0.276. The third kappa shape index (κ3) is 4.63. The first-order valence-corrected chi connectivity index (χ1v) is 7.85. The van der Waals surface area contributed by atoms with Crippen LogP contribution in [0.15, 0.2) is 24.5 Å². The number of aromatic hydroxyl groups is 1. The summed E-state index contributed by atoms with van der Waals surface area (Å²) in [6, 6.07) is 4.91. The molecule has 27 heavy (non-hydrogen) atoms. The van der Waals surface area contributed by atoms with Gasteiger partial charge < -0.3 is 9.84 Å². The van der Waals surface area contributed by atoms with E-state index in [0.717, 1.165) is 10.4 Å². The van der Waals surface area contributed by atoms with E-state index < -0.39 is 12.2 Å². The van der Waals surface area contributed by atoms with E-state index in [9.17, 15) is 18.3 Å². The van der Waals surface area contributed by atoms with Crippen LogP contribution in [0.3, 0.4) is 0 Å². The highest BCUT2D eigenvalue weighted by molar-refractivity contribution is 5.62. The molecule has 0 bridgehead atoms. The minimum absolute atomic E-state index is 0.0852. The van der Waals surface area contributed by atoms with E-state index in [0.29, 0.717) is 11.4 Å². The SMILES string of the molecule is CCn1nc(/C=C\n2cnc(-c3cc(C)cc(O)c3)n2)c(OC(F)(F)F)n1. The van der Waals surface area contributed by atoms with Crippen molar-refractivity contribution in [2.75, 3.05) is 0 Å². The highest BCUT2D eigenvalue weighted by Crippen LogP contribution is 2.25. The first kappa shape index (κ1) is 18.4. The van der Waals surface area contributed by atoms with E-state index in [-0.39, 0.29) is 18.0 Å². The number of nitrogens with zero attached hydrogens (tertiary/aromatic N) is 6. The highest BCUT2D eigenvalue weighted by atomic mass is 19.4. The number of phenolic OH excluding ortho intramolecular Hbond substituents is 1. The van der Waals surface area contributed by atoms with Crippen LogP contribution in [0.2, 0.25) is 0 Å². The second-order valence-electron chi connectivity index (χ2n) is 5.55. The number of rotatable bonds is 5. The van der Waals surface area contributed by atoms with Gasteiger partial charge in [0.25, 0.3) is 5.88 Å². The third-order valence-electron chi connectivity index (χ3n) is 3.36. The second kappa shape index (κ2) is 7.09. The summed E-state index contributed by atoms with van der Waals surface area (Å²) in [6.45, 7) is 3.79. The molecule has 1 aromatic carbocycles. The van der Waals surface area contributed by atoms with Gasteiger partial charge in [-0.05, 0) is 43.7 Å². The number of hydrogen-bond donors (Lipinski definition) is 1. The van der Waals surface area contributed by atoms with Gasteiger partial charge in [0.1, 0.15) is 12.1 Å². The number of halogens is 3. The number of hydrogen-bond acceptors (Lipinski definition) is 6. The van der Waals surface area contributed by atoms with Crippen molar-refractivity contribution >= 4 is 12.3 Å². The van der Waals surface area contributed by atoms with Crippen LogP contribution in [-0.2, 0) is 6.54 Å². The van der Waals surface area contributed by atoms with Crippen molar-refractivity contribution in [3.8, 4) is 23.0 Å². The van der Waals surface area contributed by atoms with Crippen molar-refractivity contribution in [2.24, 2.45) is 0 Å². The molecule has 1 N–H and O–H groups in total. The van der Waals surface area contributed by atoms with Gasteiger partial charge in [-0.15, -0.1) is 28.5 Å². The minimum atomic E-state index is -4.87. The molecule has 3 rings (SSSR count). The monoisotopic (exact) mass is 380 g/mol.